The summed E-state index contributed by atoms with van der Waals surface area (Å²) in [4.78, 5) is 28.6. The summed E-state index contributed by atoms with van der Waals surface area (Å²) in [6, 6.07) is 15.8. The van der Waals surface area contributed by atoms with Crippen LogP contribution in [0.5, 0.6) is 0 Å². The van der Waals surface area contributed by atoms with Gasteiger partial charge in [-0.15, -0.1) is 0 Å². The molecule has 1 aromatic heterocycles. The molecule has 0 saturated carbocycles. The molecule has 186 valence electrons. The van der Waals surface area contributed by atoms with Crippen molar-refractivity contribution in [2.75, 3.05) is 23.3 Å². The van der Waals surface area contributed by atoms with Crippen LogP contribution in [0.15, 0.2) is 81.4 Å². The molecule has 36 heavy (non-hydrogen) atoms. The molecule has 11 heteroatoms. The zero-order valence-electron chi connectivity index (χ0n) is 19.5. The quantitative estimate of drug-likeness (QED) is 0.227. The van der Waals surface area contributed by atoms with E-state index in [9.17, 15) is 9.18 Å². The zero-order chi connectivity index (χ0) is 25.7. The van der Waals surface area contributed by atoms with Gasteiger partial charge in [0.05, 0.1) is 17.1 Å². The lowest BCUT2D eigenvalue weighted by Crippen LogP contribution is -2.21. The molecule has 5 N–H and O–H groups in total. The number of anilines is 2. The summed E-state index contributed by atoms with van der Waals surface area (Å²) in [6.45, 7) is 2.53. The molecule has 3 aromatic rings. The van der Waals surface area contributed by atoms with Crippen LogP contribution in [0.2, 0.25) is 5.02 Å². The molecule has 1 saturated heterocycles. The predicted molar refractivity (Wildman–Crippen MR) is 143 cm³/mol. The number of carbonyl (C=O) groups excluding carboxylic acids is 1. The fourth-order valence-corrected chi connectivity index (χ4v) is 4.53. The van der Waals surface area contributed by atoms with E-state index in [0.717, 1.165) is 4.90 Å². The van der Waals surface area contributed by atoms with Crippen LogP contribution >= 0.6 is 23.4 Å². The molecule has 1 amide bonds. The molecule has 0 radical (unpaired) electrons. The van der Waals surface area contributed by atoms with Crippen LogP contribution < -0.4 is 21.7 Å². The van der Waals surface area contributed by atoms with Crippen molar-refractivity contribution in [3.63, 3.8) is 0 Å². The highest BCUT2D eigenvalue weighted by molar-refractivity contribution is 7.99. The van der Waals surface area contributed by atoms with Crippen LogP contribution in [0.1, 0.15) is 23.7 Å². The van der Waals surface area contributed by atoms with Crippen LogP contribution in [-0.2, 0) is 0 Å². The minimum Gasteiger partial charge on any atom is -0.402 e. The number of hydrogen-bond acceptors (Lipinski definition) is 7. The number of benzene rings is 2. The average molecular weight is 526 g/mol. The molecule has 8 nitrogen and oxygen atoms in total. The average Bonchev–Trinajstić information content (AvgIpc) is 3.26. The lowest BCUT2D eigenvalue weighted by molar-refractivity contribution is 0.102. The van der Waals surface area contributed by atoms with Crippen molar-refractivity contribution in [2.24, 2.45) is 16.5 Å². The zero-order valence-corrected chi connectivity index (χ0v) is 21.1. The normalized spacial score (nSPS) is 16.3. The van der Waals surface area contributed by atoms with E-state index in [1.54, 1.807) is 49.4 Å². The SMILES string of the molecule is CC(N)=CC(N)=Nc1cc(N2CC[C@H](F)C2)nc(Sc2ccc(NC(=O)c3ccccc3Cl)cc2)n1. The van der Waals surface area contributed by atoms with E-state index in [0.29, 0.717) is 51.7 Å². The first kappa shape index (κ1) is 25.5. The van der Waals surface area contributed by atoms with E-state index in [1.165, 1.54) is 17.8 Å². The number of amidine groups is 1. The molecule has 0 spiro atoms. The largest absolute Gasteiger partial charge is 0.402 e. The Bertz CT molecular complexity index is 1310. The minimum absolute atomic E-state index is 0.207. The van der Waals surface area contributed by atoms with Gasteiger partial charge in [-0.05, 0) is 67.6 Å². The van der Waals surface area contributed by atoms with E-state index in [2.05, 4.69) is 20.3 Å². The second-order valence-corrected chi connectivity index (χ2v) is 9.63. The topological polar surface area (TPSA) is 123 Å². The maximum atomic E-state index is 13.8. The number of amides is 1. The number of halogens is 2. The molecule has 4 rings (SSSR count). The summed E-state index contributed by atoms with van der Waals surface area (Å²) in [6.07, 6.45) is 1.09. The van der Waals surface area contributed by atoms with Crippen molar-refractivity contribution < 1.29 is 9.18 Å². The Labute approximate surface area is 217 Å². The summed E-state index contributed by atoms with van der Waals surface area (Å²) < 4.78 is 13.8. The number of carbonyl (C=O) groups is 1. The fourth-order valence-electron chi connectivity index (χ4n) is 3.54. The molecule has 2 heterocycles. The maximum Gasteiger partial charge on any atom is 0.257 e. The van der Waals surface area contributed by atoms with Crippen molar-refractivity contribution in [2.45, 2.75) is 29.6 Å². The van der Waals surface area contributed by atoms with Gasteiger partial charge in [-0.3, -0.25) is 4.79 Å². The number of nitrogens with two attached hydrogens (primary N) is 2. The van der Waals surface area contributed by atoms with Gasteiger partial charge in [0, 0.05) is 28.9 Å². The third kappa shape index (κ3) is 6.73. The standard InChI is InChI=1S/C25H25ClFN7OS/c1-15(28)12-21(29)31-22-13-23(34-11-10-16(27)14-34)33-25(32-22)36-18-8-6-17(7-9-18)30-24(35)19-4-2-3-5-20(19)26/h2-9,12-13,16H,10-11,14,28H2,1H3,(H,30,35)(H2,29,31,32,33)/t16-/m0/s1. The summed E-state index contributed by atoms with van der Waals surface area (Å²) in [7, 11) is 0. The van der Waals surface area contributed by atoms with Crippen LogP contribution in [-0.4, -0.2) is 41.0 Å². The van der Waals surface area contributed by atoms with E-state index < -0.39 is 6.17 Å². The Hall–Kier alpha value is -3.63. The van der Waals surface area contributed by atoms with Crippen LogP contribution in [0.4, 0.5) is 21.7 Å². The number of allylic oxidation sites excluding steroid dienone is 1. The molecule has 1 aliphatic heterocycles. The van der Waals surface area contributed by atoms with Gasteiger partial charge in [0.15, 0.2) is 11.0 Å². The van der Waals surface area contributed by atoms with E-state index in [1.807, 2.05) is 17.0 Å². The van der Waals surface area contributed by atoms with Gasteiger partial charge in [0.2, 0.25) is 0 Å². The Morgan fingerprint density at radius 1 is 1.22 bits per heavy atom. The van der Waals surface area contributed by atoms with Gasteiger partial charge in [0.25, 0.3) is 5.91 Å². The summed E-state index contributed by atoms with van der Waals surface area (Å²) >= 11 is 7.43. The third-order valence-electron chi connectivity index (χ3n) is 5.19. The number of aliphatic imine (C=N–C) groups is 1. The van der Waals surface area contributed by atoms with Gasteiger partial charge in [0.1, 0.15) is 17.8 Å². The summed E-state index contributed by atoms with van der Waals surface area (Å²) in [5, 5.41) is 3.65. The highest BCUT2D eigenvalue weighted by Crippen LogP contribution is 2.31. The third-order valence-corrected chi connectivity index (χ3v) is 6.39. The van der Waals surface area contributed by atoms with Crippen molar-refractivity contribution in [1.82, 2.24) is 9.97 Å². The Morgan fingerprint density at radius 2 is 1.97 bits per heavy atom. The number of rotatable bonds is 7. The molecule has 0 unspecified atom stereocenters. The number of nitrogens with zero attached hydrogens (tertiary/aromatic N) is 4. The van der Waals surface area contributed by atoms with E-state index in [4.69, 9.17) is 23.1 Å². The van der Waals surface area contributed by atoms with Crippen molar-refractivity contribution in [3.8, 4) is 0 Å². The first-order valence-electron chi connectivity index (χ1n) is 11.2. The molecule has 1 fully saturated rings. The van der Waals surface area contributed by atoms with E-state index in [-0.39, 0.29) is 18.3 Å². The smallest absolute Gasteiger partial charge is 0.257 e. The molecule has 0 aliphatic carbocycles. The van der Waals surface area contributed by atoms with Crippen LogP contribution in [0, 0.1) is 0 Å². The molecule has 1 aliphatic rings. The van der Waals surface area contributed by atoms with Gasteiger partial charge in [-0.1, -0.05) is 23.7 Å². The highest BCUT2D eigenvalue weighted by Gasteiger charge is 2.24. The highest BCUT2D eigenvalue weighted by atomic mass is 35.5. The molecule has 2 aromatic carbocycles. The summed E-state index contributed by atoms with van der Waals surface area (Å²) in [5.74, 6) is 0.842. The second kappa shape index (κ2) is 11.4. The van der Waals surface area contributed by atoms with Gasteiger partial charge in [-0.25, -0.2) is 19.4 Å². The Kier molecular flexibility index (Phi) is 8.07. The molecule has 0 bridgehead atoms. The number of aromatic nitrogens is 2. The van der Waals surface area contributed by atoms with Crippen molar-refractivity contribution in [3.05, 3.63) is 77.0 Å². The number of alkyl halides is 1. The van der Waals surface area contributed by atoms with Gasteiger partial charge >= 0.3 is 0 Å². The van der Waals surface area contributed by atoms with Crippen molar-refractivity contribution in [1.29, 1.82) is 0 Å². The Balaban J connectivity index is 1.54. The monoisotopic (exact) mass is 525 g/mol. The Morgan fingerprint density at radius 3 is 2.64 bits per heavy atom. The second-order valence-electron chi connectivity index (χ2n) is 8.18. The maximum absolute atomic E-state index is 13.8. The molecule has 1 atom stereocenters. The lowest BCUT2D eigenvalue weighted by Gasteiger charge is -2.17. The first-order valence-corrected chi connectivity index (χ1v) is 12.4. The van der Waals surface area contributed by atoms with Crippen LogP contribution in [0.3, 0.4) is 0 Å². The first-order chi connectivity index (χ1) is 17.3. The predicted octanol–water partition coefficient (Wildman–Crippen LogP) is 4.93. The fraction of sp³-hybridized carbons (Fsp3) is 0.200. The lowest BCUT2D eigenvalue weighted by atomic mass is 10.2. The summed E-state index contributed by atoms with van der Waals surface area (Å²) in [5.41, 5.74) is 13.2. The van der Waals surface area contributed by atoms with Gasteiger partial charge in [-0.2, -0.15) is 0 Å². The minimum atomic E-state index is -0.899. The van der Waals surface area contributed by atoms with Gasteiger partial charge < -0.3 is 21.7 Å². The number of hydrogen-bond donors (Lipinski definition) is 3. The van der Waals surface area contributed by atoms with Crippen LogP contribution in [0.25, 0.3) is 0 Å². The molecular weight excluding hydrogens is 501 g/mol. The van der Waals surface area contributed by atoms with Crippen molar-refractivity contribution >= 4 is 52.4 Å². The molecular formula is C25H25ClFN7OS. The number of nitrogens with one attached hydrogen (secondary N) is 1. The van der Waals surface area contributed by atoms with E-state index >= 15 is 0 Å².